The molecule has 1 aliphatic rings. The summed E-state index contributed by atoms with van der Waals surface area (Å²) >= 11 is 6.03. The van der Waals surface area contributed by atoms with E-state index in [1.165, 1.54) is 5.56 Å². The van der Waals surface area contributed by atoms with E-state index < -0.39 is 6.04 Å². The molecule has 5 heteroatoms. The van der Waals surface area contributed by atoms with Gasteiger partial charge in [-0.15, -0.1) is 0 Å². The Morgan fingerprint density at radius 1 is 1.03 bits per heavy atom. The van der Waals surface area contributed by atoms with E-state index in [4.69, 9.17) is 11.6 Å². The highest BCUT2D eigenvalue weighted by Gasteiger charge is 2.30. The molecule has 3 rings (SSSR count). The first kappa shape index (κ1) is 23.3. The molecule has 1 saturated carbocycles. The summed E-state index contributed by atoms with van der Waals surface area (Å²) in [4.78, 5) is 28.2. The second-order valence-electron chi connectivity index (χ2n) is 8.55. The van der Waals surface area contributed by atoms with E-state index in [1.54, 1.807) is 4.90 Å². The molecule has 1 aliphatic carbocycles. The van der Waals surface area contributed by atoms with Crippen molar-refractivity contribution in [3.63, 3.8) is 0 Å². The summed E-state index contributed by atoms with van der Waals surface area (Å²) < 4.78 is 0. The highest BCUT2D eigenvalue weighted by Crippen LogP contribution is 2.20. The van der Waals surface area contributed by atoms with Gasteiger partial charge in [0.2, 0.25) is 11.8 Å². The molecule has 0 aliphatic heterocycles. The zero-order chi connectivity index (χ0) is 22.2. The third-order valence-electron chi connectivity index (χ3n) is 6.10. The van der Waals surface area contributed by atoms with E-state index in [-0.39, 0.29) is 17.9 Å². The van der Waals surface area contributed by atoms with E-state index in [1.807, 2.05) is 31.2 Å². The molecule has 0 saturated heterocycles. The fraction of sp³-hybridized carbons (Fsp3) is 0.462. The molecule has 0 heterocycles. The molecule has 0 radical (unpaired) electrons. The lowest BCUT2D eigenvalue weighted by Gasteiger charge is -2.31. The van der Waals surface area contributed by atoms with Crippen molar-refractivity contribution in [3.8, 4) is 0 Å². The summed E-state index contributed by atoms with van der Waals surface area (Å²) in [7, 11) is 0. The maximum atomic E-state index is 13.3. The fourth-order valence-corrected chi connectivity index (χ4v) is 4.35. The summed E-state index contributed by atoms with van der Waals surface area (Å²) in [5.74, 6) is -0.0315. The van der Waals surface area contributed by atoms with Crippen molar-refractivity contribution >= 4 is 23.4 Å². The van der Waals surface area contributed by atoms with Gasteiger partial charge in [0, 0.05) is 24.0 Å². The maximum absolute atomic E-state index is 13.3. The summed E-state index contributed by atoms with van der Waals surface area (Å²) in [5, 5.41) is 3.85. The van der Waals surface area contributed by atoms with Gasteiger partial charge in [0.15, 0.2) is 0 Å². The number of carbonyl (C=O) groups excluding carboxylic acids is 2. The van der Waals surface area contributed by atoms with Crippen LogP contribution in [-0.2, 0) is 22.6 Å². The van der Waals surface area contributed by atoms with Crippen LogP contribution in [0.1, 0.15) is 62.1 Å². The van der Waals surface area contributed by atoms with E-state index in [0.29, 0.717) is 30.8 Å². The minimum Gasteiger partial charge on any atom is -0.352 e. The van der Waals surface area contributed by atoms with Crippen LogP contribution in [0.15, 0.2) is 48.5 Å². The van der Waals surface area contributed by atoms with Crippen molar-refractivity contribution in [2.75, 3.05) is 0 Å². The third-order valence-corrected chi connectivity index (χ3v) is 6.35. The van der Waals surface area contributed by atoms with Crippen LogP contribution >= 0.6 is 11.6 Å². The number of nitrogens with one attached hydrogen (secondary N) is 1. The van der Waals surface area contributed by atoms with Crippen molar-refractivity contribution in [1.29, 1.82) is 0 Å². The normalized spacial score (nSPS) is 14.9. The van der Waals surface area contributed by atoms with Gasteiger partial charge in [-0.05, 0) is 55.9 Å². The van der Waals surface area contributed by atoms with E-state index in [0.717, 1.165) is 36.8 Å². The number of hydrogen-bond acceptors (Lipinski definition) is 2. The number of hydrogen-bond donors (Lipinski definition) is 1. The van der Waals surface area contributed by atoms with Gasteiger partial charge in [-0.1, -0.05) is 73.3 Å². The minimum absolute atomic E-state index is 0.00365. The Hall–Kier alpha value is -2.33. The molecule has 1 fully saturated rings. The molecule has 2 aromatic rings. The number of benzene rings is 2. The number of carbonyl (C=O) groups is 2. The van der Waals surface area contributed by atoms with Gasteiger partial charge in [0.05, 0.1) is 0 Å². The van der Waals surface area contributed by atoms with E-state index in [9.17, 15) is 9.59 Å². The van der Waals surface area contributed by atoms with Gasteiger partial charge < -0.3 is 10.2 Å². The highest BCUT2D eigenvalue weighted by molar-refractivity contribution is 6.30. The average Bonchev–Trinajstić information content (AvgIpc) is 3.27. The highest BCUT2D eigenvalue weighted by atomic mass is 35.5. The predicted octanol–water partition coefficient (Wildman–Crippen LogP) is 5.45. The third kappa shape index (κ3) is 6.83. The molecule has 166 valence electrons. The van der Waals surface area contributed by atoms with E-state index >= 15 is 0 Å². The molecule has 0 unspecified atom stereocenters. The monoisotopic (exact) mass is 440 g/mol. The molecule has 0 spiro atoms. The van der Waals surface area contributed by atoms with Gasteiger partial charge in [0.1, 0.15) is 6.04 Å². The molecule has 2 aromatic carbocycles. The van der Waals surface area contributed by atoms with E-state index in [2.05, 4.69) is 36.5 Å². The summed E-state index contributed by atoms with van der Waals surface area (Å²) in [6, 6.07) is 15.5. The molecule has 1 atom stereocenters. The number of nitrogens with zero attached hydrogens (tertiary/aromatic N) is 1. The molecule has 4 nitrogen and oxygen atoms in total. The van der Waals surface area contributed by atoms with Crippen molar-refractivity contribution < 1.29 is 9.59 Å². The summed E-state index contributed by atoms with van der Waals surface area (Å²) in [6.07, 6.45) is 6.00. The van der Waals surface area contributed by atoms with Gasteiger partial charge in [-0.2, -0.15) is 0 Å². The largest absolute Gasteiger partial charge is 0.352 e. The first-order chi connectivity index (χ1) is 15.0. The zero-order valence-corrected chi connectivity index (χ0v) is 19.3. The Bertz CT molecular complexity index is 858. The van der Waals surface area contributed by atoms with Crippen LogP contribution < -0.4 is 5.32 Å². The Labute approximate surface area is 191 Å². The minimum atomic E-state index is -0.471. The Morgan fingerprint density at radius 2 is 1.65 bits per heavy atom. The van der Waals surface area contributed by atoms with Crippen molar-refractivity contribution in [2.45, 2.75) is 77.4 Å². The zero-order valence-electron chi connectivity index (χ0n) is 18.6. The second-order valence-corrected chi connectivity index (χ2v) is 8.98. The van der Waals surface area contributed by atoms with Crippen LogP contribution in [0.5, 0.6) is 0 Å². The summed E-state index contributed by atoms with van der Waals surface area (Å²) in [5.41, 5.74) is 3.31. The molecule has 0 aromatic heterocycles. The number of halogens is 1. The number of aryl methyl sites for hydroxylation is 2. The van der Waals surface area contributed by atoms with Crippen LogP contribution in [0.3, 0.4) is 0 Å². The summed E-state index contributed by atoms with van der Waals surface area (Å²) in [6.45, 7) is 4.43. The maximum Gasteiger partial charge on any atom is 0.243 e. The fourth-order valence-electron chi connectivity index (χ4n) is 4.22. The van der Waals surface area contributed by atoms with Gasteiger partial charge >= 0.3 is 0 Å². The lowest BCUT2D eigenvalue weighted by molar-refractivity contribution is -0.141. The Kier molecular flexibility index (Phi) is 8.53. The molecule has 1 N–H and O–H groups in total. The quantitative estimate of drug-likeness (QED) is 0.563. The topological polar surface area (TPSA) is 49.4 Å². The van der Waals surface area contributed by atoms with Gasteiger partial charge in [0.25, 0.3) is 0 Å². The van der Waals surface area contributed by atoms with Crippen molar-refractivity contribution in [2.24, 2.45) is 0 Å². The van der Waals surface area contributed by atoms with Gasteiger partial charge in [-0.3, -0.25) is 9.59 Å². The first-order valence-electron chi connectivity index (χ1n) is 11.4. The lowest BCUT2D eigenvalue weighted by Crippen LogP contribution is -2.51. The smallest absolute Gasteiger partial charge is 0.243 e. The van der Waals surface area contributed by atoms with Crippen LogP contribution in [0, 0.1) is 6.92 Å². The Morgan fingerprint density at radius 3 is 2.26 bits per heavy atom. The van der Waals surface area contributed by atoms with Crippen LogP contribution in [0.4, 0.5) is 0 Å². The van der Waals surface area contributed by atoms with Crippen LogP contribution in [0.25, 0.3) is 0 Å². The van der Waals surface area contributed by atoms with Crippen molar-refractivity contribution in [3.05, 3.63) is 70.2 Å². The SMILES string of the molecule is CC[C@H](C(=O)NC1CCCC1)N(Cc1ccc(Cl)cc1)C(=O)CCc1ccc(C)cc1. The predicted molar refractivity (Wildman–Crippen MR) is 126 cm³/mol. The lowest BCUT2D eigenvalue weighted by atomic mass is 10.0. The molecule has 2 amide bonds. The average molecular weight is 441 g/mol. The molecular weight excluding hydrogens is 408 g/mol. The van der Waals surface area contributed by atoms with Gasteiger partial charge in [-0.25, -0.2) is 0 Å². The Balaban J connectivity index is 1.74. The number of rotatable bonds is 9. The first-order valence-corrected chi connectivity index (χ1v) is 11.7. The molecular formula is C26H33ClN2O2. The standard InChI is InChI=1S/C26H33ClN2O2/c1-3-24(26(31)28-23-6-4-5-7-23)29(18-21-12-15-22(27)16-13-21)25(30)17-14-20-10-8-19(2)9-11-20/h8-13,15-16,23-24H,3-7,14,17-18H2,1-2H3,(H,28,31)/t24-/m1/s1. The van der Waals surface area contributed by atoms with Crippen LogP contribution in [0.2, 0.25) is 5.02 Å². The number of amides is 2. The molecule has 31 heavy (non-hydrogen) atoms. The second kappa shape index (κ2) is 11.3. The molecule has 0 bridgehead atoms. The van der Waals surface area contributed by atoms with Crippen molar-refractivity contribution in [1.82, 2.24) is 10.2 Å². The van der Waals surface area contributed by atoms with Crippen LogP contribution in [-0.4, -0.2) is 28.8 Å².